The highest BCUT2D eigenvalue weighted by molar-refractivity contribution is 5.35. The van der Waals surface area contributed by atoms with Gasteiger partial charge in [0.15, 0.2) is 6.79 Å². The van der Waals surface area contributed by atoms with Gasteiger partial charge in [0, 0.05) is 5.56 Å². The molecule has 0 aromatic heterocycles. The van der Waals surface area contributed by atoms with Crippen molar-refractivity contribution in [1.29, 1.82) is 0 Å². The molecule has 2 N–H and O–H groups in total. The average molecular weight is 151 g/mol. The molecule has 0 radical (unpaired) electrons. The van der Waals surface area contributed by atoms with Gasteiger partial charge in [-0.2, -0.15) is 0 Å². The Hall–Kier alpha value is -1.06. The topological polar surface area (TPSA) is 44.5 Å². The lowest BCUT2D eigenvalue weighted by molar-refractivity contribution is -0.0566. The van der Waals surface area contributed by atoms with Gasteiger partial charge in [-0.05, 0) is 6.07 Å². The number of hydrogen-bond donors (Lipinski definition) is 1. The van der Waals surface area contributed by atoms with Crippen molar-refractivity contribution in [3.05, 3.63) is 29.8 Å². The van der Waals surface area contributed by atoms with Crippen LogP contribution in [0.2, 0.25) is 0 Å². The van der Waals surface area contributed by atoms with Gasteiger partial charge in [0.2, 0.25) is 0 Å². The second kappa shape index (κ2) is 2.53. The van der Waals surface area contributed by atoms with Crippen LogP contribution in [0.5, 0.6) is 5.75 Å². The normalized spacial score (nSPS) is 22.1. The maximum Gasteiger partial charge on any atom is 0.191 e. The summed E-state index contributed by atoms with van der Waals surface area (Å²) in [5.41, 5.74) is 6.56. The van der Waals surface area contributed by atoms with Crippen molar-refractivity contribution in [2.75, 3.05) is 6.79 Å². The minimum atomic E-state index is -0.333. The van der Waals surface area contributed by atoms with E-state index in [2.05, 4.69) is 0 Å². The summed E-state index contributed by atoms with van der Waals surface area (Å²) in [7, 11) is 0. The first-order chi connectivity index (χ1) is 5.38. The molecule has 58 valence electrons. The summed E-state index contributed by atoms with van der Waals surface area (Å²) >= 11 is 0. The Balaban J connectivity index is 2.44. The Morgan fingerprint density at radius 3 is 3.00 bits per heavy atom. The third-order valence-corrected chi connectivity index (χ3v) is 1.69. The second-order valence-corrected chi connectivity index (χ2v) is 2.39. The fraction of sp³-hybridized carbons (Fsp3) is 0.250. The molecule has 3 nitrogen and oxygen atoms in total. The predicted octanol–water partition coefficient (Wildman–Crippen LogP) is 1.01. The summed E-state index contributed by atoms with van der Waals surface area (Å²) in [5, 5.41) is 0. The summed E-state index contributed by atoms with van der Waals surface area (Å²) in [4.78, 5) is 0. The molecule has 0 fully saturated rings. The lowest BCUT2D eigenvalue weighted by Crippen LogP contribution is -2.23. The van der Waals surface area contributed by atoms with Crippen molar-refractivity contribution in [3.63, 3.8) is 0 Å². The summed E-state index contributed by atoms with van der Waals surface area (Å²) < 4.78 is 10.3. The van der Waals surface area contributed by atoms with E-state index < -0.39 is 0 Å². The molecule has 0 bridgehead atoms. The molecule has 2 rings (SSSR count). The maximum absolute atomic E-state index is 5.64. The van der Waals surface area contributed by atoms with Gasteiger partial charge in [0.05, 0.1) is 0 Å². The minimum Gasteiger partial charge on any atom is -0.467 e. The zero-order chi connectivity index (χ0) is 7.68. The molecular formula is C8H9NO2. The highest BCUT2D eigenvalue weighted by atomic mass is 16.7. The largest absolute Gasteiger partial charge is 0.467 e. The number of para-hydroxylation sites is 1. The molecule has 0 spiro atoms. The van der Waals surface area contributed by atoms with Crippen molar-refractivity contribution < 1.29 is 9.47 Å². The number of rotatable bonds is 0. The van der Waals surface area contributed by atoms with E-state index in [1.165, 1.54) is 0 Å². The van der Waals surface area contributed by atoms with E-state index in [9.17, 15) is 0 Å². The Morgan fingerprint density at radius 2 is 2.18 bits per heavy atom. The van der Waals surface area contributed by atoms with Crippen LogP contribution in [-0.4, -0.2) is 6.79 Å². The van der Waals surface area contributed by atoms with Crippen LogP contribution in [0.4, 0.5) is 0 Å². The highest BCUT2D eigenvalue weighted by Gasteiger charge is 2.16. The highest BCUT2D eigenvalue weighted by Crippen LogP contribution is 2.27. The third kappa shape index (κ3) is 1.08. The Kier molecular flexibility index (Phi) is 1.52. The van der Waals surface area contributed by atoms with Gasteiger partial charge in [-0.15, -0.1) is 0 Å². The van der Waals surface area contributed by atoms with Crippen molar-refractivity contribution >= 4 is 0 Å². The zero-order valence-electron chi connectivity index (χ0n) is 5.99. The van der Waals surface area contributed by atoms with Crippen molar-refractivity contribution in [3.8, 4) is 5.75 Å². The van der Waals surface area contributed by atoms with E-state index in [4.69, 9.17) is 15.2 Å². The third-order valence-electron chi connectivity index (χ3n) is 1.69. The fourth-order valence-corrected chi connectivity index (χ4v) is 1.11. The zero-order valence-corrected chi connectivity index (χ0v) is 5.99. The van der Waals surface area contributed by atoms with Crippen LogP contribution in [0.1, 0.15) is 11.8 Å². The van der Waals surface area contributed by atoms with E-state index in [1.807, 2.05) is 24.3 Å². The van der Waals surface area contributed by atoms with Crippen LogP contribution >= 0.6 is 0 Å². The Labute approximate surface area is 64.7 Å². The molecule has 0 saturated carbocycles. The van der Waals surface area contributed by atoms with Crippen LogP contribution in [0.25, 0.3) is 0 Å². The van der Waals surface area contributed by atoms with E-state index in [0.717, 1.165) is 11.3 Å². The first-order valence-electron chi connectivity index (χ1n) is 3.47. The van der Waals surface area contributed by atoms with E-state index in [1.54, 1.807) is 0 Å². The second-order valence-electron chi connectivity index (χ2n) is 2.39. The van der Waals surface area contributed by atoms with E-state index in [0.29, 0.717) is 0 Å². The van der Waals surface area contributed by atoms with Crippen molar-refractivity contribution in [2.45, 2.75) is 6.23 Å². The summed E-state index contributed by atoms with van der Waals surface area (Å²) in [6.45, 7) is 0.248. The number of ether oxygens (including phenoxy) is 2. The predicted molar refractivity (Wildman–Crippen MR) is 40.0 cm³/mol. The van der Waals surface area contributed by atoms with Crippen LogP contribution in [0.15, 0.2) is 24.3 Å². The first kappa shape index (κ1) is 6.64. The molecular weight excluding hydrogens is 142 g/mol. The van der Waals surface area contributed by atoms with Crippen LogP contribution < -0.4 is 10.5 Å². The Bertz CT molecular complexity index is 262. The van der Waals surface area contributed by atoms with Crippen molar-refractivity contribution in [1.82, 2.24) is 0 Å². The molecule has 0 aliphatic carbocycles. The Morgan fingerprint density at radius 1 is 1.36 bits per heavy atom. The molecule has 1 heterocycles. The fourth-order valence-electron chi connectivity index (χ4n) is 1.11. The van der Waals surface area contributed by atoms with Crippen LogP contribution in [-0.2, 0) is 4.74 Å². The molecule has 1 unspecified atom stereocenters. The average Bonchev–Trinajstić information content (AvgIpc) is 2.06. The van der Waals surface area contributed by atoms with Gasteiger partial charge < -0.3 is 15.2 Å². The van der Waals surface area contributed by atoms with Crippen LogP contribution in [0, 0.1) is 0 Å². The number of fused-ring (bicyclic) bond motifs is 1. The molecule has 1 aliphatic rings. The molecule has 1 aliphatic heterocycles. The van der Waals surface area contributed by atoms with Gasteiger partial charge >= 0.3 is 0 Å². The summed E-state index contributed by atoms with van der Waals surface area (Å²) in [5.74, 6) is 0.825. The van der Waals surface area contributed by atoms with Gasteiger partial charge in [0.25, 0.3) is 0 Å². The minimum absolute atomic E-state index is 0.248. The quantitative estimate of drug-likeness (QED) is 0.601. The number of hydrogen-bond acceptors (Lipinski definition) is 3. The van der Waals surface area contributed by atoms with E-state index in [-0.39, 0.29) is 13.0 Å². The maximum atomic E-state index is 5.64. The van der Waals surface area contributed by atoms with Gasteiger partial charge in [0.1, 0.15) is 12.0 Å². The molecule has 1 aromatic rings. The summed E-state index contributed by atoms with van der Waals surface area (Å²) in [6, 6.07) is 7.62. The molecule has 1 aromatic carbocycles. The van der Waals surface area contributed by atoms with Crippen LogP contribution in [0.3, 0.4) is 0 Å². The number of nitrogens with two attached hydrogens (primary N) is 1. The molecule has 11 heavy (non-hydrogen) atoms. The summed E-state index contributed by atoms with van der Waals surface area (Å²) in [6.07, 6.45) is -0.333. The smallest absolute Gasteiger partial charge is 0.191 e. The SMILES string of the molecule is NC1OCOc2ccccc21. The first-order valence-corrected chi connectivity index (χ1v) is 3.47. The lowest BCUT2D eigenvalue weighted by atomic mass is 10.2. The standard InChI is InChI=1S/C8H9NO2/c9-8-6-3-1-2-4-7(6)10-5-11-8/h1-4,8H,5,9H2. The molecule has 3 heteroatoms. The number of benzene rings is 1. The monoisotopic (exact) mass is 151 g/mol. The van der Waals surface area contributed by atoms with Gasteiger partial charge in [-0.1, -0.05) is 18.2 Å². The molecule has 0 amide bonds. The molecule has 1 atom stereocenters. The lowest BCUT2D eigenvalue weighted by Gasteiger charge is -2.22. The van der Waals surface area contributed by atoms with Gasteiger partial charge in [-0.3, -0.25) is 0 Å². The van der Waals surface area contributed by atoms with Gasteiger partial charge in [-0.25, -0.2) is 0 Å². The van der Waals surface area contributed by atoms with E-state index >= 15 is 0 Å². The van der Waals surface area contributed by atoms with Crippen molar-refractivity contribution in [2.24, 2.45) is 5.73 Å². The molecule has 0 saturated heterocycles.